The van der Waals surface area contributed by atoms with Gasteiger partial charge in [-0.3, -0.25) is 9.89 Å². The third-order valence-electron chi connectivity index (χ3n) is 5.63. The highest BCUT2D eigenvalue weighted by Crippen LogP contribution is 2.20. The van der Waals surface area contributed by atoms with Crippen LogP contribution in [0.5, 0.6) is 0 Å². The number of hydrogen-bond acceptors (Lipinski definition) is 3. The minimum atomic E-state index is 0. The molecular formula is C25H37IN4O. The number of rotatable bonds is 10. The van der Waals surface area contributed by atoms with E-state index >= 15 is 0 Å². The topological polar surface area (TPSA) is 48.9 Å². The molecule has 1 unspecified atom stereocenters. The Kier molecular flexibility index (Phi) is 12.6. The van der Waals surface area contributed by atoms with Gasteiger partial charge in [-0.05, 0) is 36.9 Å². The number of nitrogens with zero attached hydrogens (tertiary/aromatic N) is 2. The highest BCUT2D eigenvalue weighted by atomic mass is 127. The van der Waals surface area contributed by atoms with E-state index < -0.39 is 0 Å². The Morgan fingerprint density at radius 3 is 2.32 bits per heavy atom. The molecule has 0 aliphatic carbocycles. The average molecular weight is 537 g/mol. The van der Waals surface area contributed by atoms with Crippen LogP contribution in [0.25, 0.3) is 0 Å². The summed E-state index contributed by atoms with van der Waals surface area (Å²) in [4.78, 5) is 6.91. The Balaban J connectivity index is 0.00000341. The molecular weight excluding hydrogens is 499 g/mol. The van der Waals surface area contributed by atoms with Crippen molar-refractivity contribution in [3.8, 4) is 0 Å². The van der Waals surface area contributed by atoms with E-state index in [1.54, 1.807) is 0 Å². The van der Waals surface area contributed by atoms with Gasteiger partial charge in [0.1, 0.15) is 0 Å². The van der Waals surface area contributed by atoms with Crippen molar-refractivity contribution in [1.82, 2.24) is 15.5 Å². The number of benzene rings is 2. The van der Waals surface area contributed by atoms with Crippen LogP contribution in [0.2, 0.25) is 0 Å². The Hall–Kier alpha value is -1.64. The van der Waals surface area contributed by atoms with Crippen molar-refractivity contribution < 1.29 is 4.74 Å². The zero-order valence-electron chi connectivity index (χ0n) is 18.6. The summed E-state index contributed by atoms with van der Waals surface area (Å²) in [6.45, 7) is 6.84. The van der Waals surface area contributed by atoms with Crippen molar-refractivity contribution in [2.24, 2.45) is 4.99 Å². The smallest absolute Gasteiger partial charge is 0.190 e. The Morgan fingerprint density at radius 1 is 0.968 bits per heavy atom. The number of halogens is 1. The highest BCUT2D eigenvalue weighted by molar-refractivity contribution is 14.0. The van der Waals surface area contributed by atoms with Crippen LogP contribution in [0.3, 0.4) is 0 Å². The van der Waals surface area contributed by atoms with Crippen molar-refractivity contribution in [2.45, 2.75) is 25.2 Å². The summed E-state index contributed by atoms with van der Waals surface area (Å²) in [6, 6.07) is 21.5. The van der Waals surface area contributed by atoms with E-state index in [4.69, 9.17) is 4.74 Å². The number of nitrogens with one attached hydrogen (secondary N) is 2. The van der Waals surface area contributed by atoms with Gasteiger partial charge in [-0.15, -0.1) is 24.0 Å². The lowest BCUT2D eigenvalue weighted by atomic mass is 9.92. The highest BCUT2D eigenvalue weighted by Gasteiger charge is 2.13. The van der Waals surface area contributed by atoms with Crippen LogP contribution < -0.4 is 10.6 Å². The second-order valence-electron chi connectivity index (χ2n) is 7.84. The average Bonchev–Trinajstić information content (AvgIpc) is 2.82. The molecule has 2 aromatic carbocycles. The Bertz CT molecular complexity index is 736. The Morgan fingerprint density at radius 2 is 1.65 bits per heavy atom. The fourth-order valence-corrected chi connectivity index (χ4v) is 3.86. The minimum absolute atomic E-state index is 0. The zero-order valence-corrected chi connectivity index (χ0v) is 21.0. The molecule has 1 heterocycles. The molecule has 0 aromatic heterocycles. The summed E-state index contributed by atoms with van der Waals surface area (Å²) in [5, 5.41) is 7.01. The first-order valence-corrected chi connectivity index (χ1v) is 11.2. The molecule has 0 radical (unpaired) electrons. The zero-order chi connectivity index (χ0) is 20.9. The molecule has 3 rings (SSSR count). The normalized spacial score (nSPS) is 15.7. The van der Waals surface area contributed by atoms with Gasteiger partial charge < -0.3 is 15.4 Å². The van der Waals surface area contributed by atoms with Crippen molar-refractivity contribution in [3.63, 3.8) is 0 Å². The third-order valence-corrected chi connectivity index (χ3v) is 5.63. The Labute approximate surface area is 204 Å². The molecule has 0 spiro atoms. The van der Waals surface area contributed by atoms with Gasteiger partial charge in [0.25, 0.3) is 0 Å². The molecule has 1 aliphatic rings. The molecule has 0 saturated carbocycles. The molecule has 1 fully saturated rings. The molecule has 2 aromatic rings. The second kappa shape index (κ2) is 15.2. The number of aliphatic imine (C=N–C) groups is 1. The summed E-state index contributed by atoms with van der Waals surface area (Å²) in [6.07, 6.45) is 3.35. The monoisotopic (exact) mass is 536 g/mol. The maximum Gasteiger partial charge on any atom is 0.190 e. The predicted molar refractivity (Wildman–Crippen MR) is 141 cm³/mol. The fraction of sp³-hybridized carbons (Fsp3) is 0.480. The van der Waals surface area contributed by atoms with Gasteiger partial charge in [-0.2, -0.15) is 0 Å². The van der Waals surface area contributed by atoms with E-state index in [1.807, 2.05) is 7.05 Å². The van der Waals surface area contributed by atoms with E-state index in [2.05, 4.69) is 81.2 Å². The van der Waals surface area contributed by atoms with E-state index in [0.717, 1.165) is 64.7 Å². The number of guanidine groups is 1. The third kappa shape index (κ3) is 9.58. The summed E-state index contributed by atoms with van der Waals surface area (Å²) in [5.74, 6) is 1.28. The van der Waals surface area contributed by atoms with E-state index in [9.17, 15) is 0 Å². The summed E-state index contributed by atoms with van der Waals surface area (Å²) in [7, 11) is 1.85. The van der Waals surface area contributed by atoms with Crippen LogP contribution in [-0.2, 0) is 11.2 Å². The maximum absolute atomic E-state index is 5.41. The lowest BCUT2D eigenvalue weighted by Crippen LogP contribution is -2.40. The SMILES string of the molecule is CN=C(NCCCCN1CCOCC1)NCC(Cc1ccccc1)c1ccccc1.I. The summed E-state index contributed by atoms with van der Waals surface area (Å²) < 4.78 is 5.41. The van der Waals surface area contributed by atoms with Crippen LogP contribution in [0.15, 0.2) is 65.7 Å². The lowest BCUT2D eigenvalue weighted by molar-refractivity contribution is 0.0372. The molecule has 1 aliphatic heterocycles. The quantitative estimate of drug-likeness (QED) is 0.209. The van der Waals surface area contributed by atoms with Gasteiger partial charge in [0.15, 0.2) is 5.96 Å². The molecule has 5 nitrogen and oxygen atoms in total. The van der Waals surface area contributed by atoms with Gasteiger partial charge in [0.2, 0.25) is 0 Å². The van der Waals surface area contributed by atoms with E-state index in [-0.39, 0.29) is 24.0 Å². The summed E-state index contributed by atoms with van der Waals surface area (Å²) in [5.41, 5.74) is 2.72. The van der Waals surface area contributed by atoms with Gasteiger partial charge in [-0.1, -0.05) is 60.7 Å². The number of morpholine rings is 1. The van der Waals surface area contributed by atoms with Crippen LogP contribution in [-0.4, -0.2) is 63.8 Å². The molecule has 170 valence electrons. The molecule has 31 heavy (non-hydrogen) atoms. The van der Waals surface area contributed by atoms with Crippen LogP contribution in [0.4, 0.5) is 0 Å². The molecule has 1 atom stereocenters. The van der Waals surface area contributed by atoms with Crippen LogP contribution in [0, 0.1) is 0 Å². The largest absolute Gasteiger partial charge is 0.379 e. The first kappa shape index (κ1) is 25.6. The van der Waals surface area contributed by atoms with Crippen LogP contribution >= 0.6 is 24.0 Å². The van der Waals surface area contributed by atoms with Crippen molar-refractivity contribution in [1.29, 1.82) is 0 Å². The molecule has 2 N–H and O–H groups in total. The molecule has 6 heteroatoms. The van der Waals surface area contributed by atoms with Gasteiger partial charge >= 0.3 is 0 Å². The van der Waals surface area contributed by atoms with E-state index in [0.29, 0.717) is 5.92 Å². The fourth-order valence-electron chi connectivity index (χ4n) is 3.86. The lowest BCUT2D eigenvalue weighted by Gasteiger charge is -2.26. The maximum atomic E-state index is 5.41. The molecule has 0 bridgehead atoms. The number of hydrogen-bond donors (Lipinski definition) is 2. The van der Waals surface area contributed by atoms with E-state index in [1.165, 1.54) is 17.5 Å². The van der Waals surface area contributed by atoms with Crippen molar-refractivity contribution in [3.05, 3.63) is 71.8 Å². The number of unbranched alkanes of at least 4 members (excludes halogenated alkanes) is 1. The first-order chi connectivity index (χ1) is 14.8. The van der Waals surface area contributed by atoms with Crippen molar-refractivity contribution >= 4 is 29.9 Å². The molecule has 1 saturated heterocycles. The van der Waals surface area contributed by atoms with Crippen molar-refractivity contribution in [2.75, 3.05) is 53.0 Å². The number of ether oxygens (including phenoxy) is 1. The van der Waals surface area contributed by atoms with Gasteiger partial charge in [0.05, 0.1) is 13.2 Å². The minimum Gasteiger partial charge on any atom is -0.379 e. The van der Waals surface area contributed by atoms with Crippen LogP contribution in [0.1, 0.15) is 29.9 Å². The summed E-state index contributed by atoms with van der Waals surface area (Å²) >= 11 is 0. The van der Waals surface area contributed by atoms with Gasteiger partial charge in [-0.25, -0.2) is 0 Å². The van der Waals surface area contributed by atoms with Gasteiger partial charge in [0, 0.05) is 39.1 Å². The predicted octanol–water partition coefficient (Wildman–Crippen LogP) is 3.91. The molecule has 0 amide bonds. The standard InChI is InChI=1S/C25H36N4O.HI/c1-26-25(27-14-8-9-15-29-16-18-30-19-17-29)28-21-24(23-12-6-3-7-13-23)20-22-10-4-2-5-11-22;/h2-7,10-13,24H,8-9,14-21H2,1H3,(H2,26,27,28);1H. The first-order valence-electron chi connectivity index (χ1n) is 11.2. The second-order valence-corrected chi connectivity index (χ2v) is 7.84.